The highest BCUT2D eigenvalue weighted by molar-refractivity contribution is 7.89. The number of carbonyl (C=O) groups excluding carboxylic acids is 2. The van der Waals surface area contributed by atoms with Crippen LogP contribution in [-0.4, -0.2) is 78.4 Å². The molecule has 0 aliphatic carbocycles. The molecule has 0 saturated carbocycles. The highest BCUT2D eigenvalue weighted by atomic mass is 32.2. The van der Waals surface area contributed by atoms with Crippen molar-refractivity contribution in [2.75, 3.05) is 49.8 Å². The van der Waals surface area contributed by atoms with E-state index < -0.39 is 43.9 Å². The van der Waals surface area contributed by atoms with Crippen molar-refractivity contribution in [1.29, 1.82) is 0 Å². The van der Waals surface area contributed by atoms with Gasteiger partial charge in [0.2, 0.25) is 10.0 Å². The molecule has 244 valence electrons. The molecule has 2 aromatic carbocycles. The number of hydrogen-bond acceptors (Lipinski definition) is 7. The van der Waals surface area contributed by atoms with Crippen molar-refractivity contribution in [2.45, 2.75) is 30.8 Å². The molecular weight excluding hydrogens is 618 g/mol. The molecule has 3 heterocycles. The lowest BCUT2D eigenvalue weighted by molar-refractivity contribution is 0.101. The number of aromatic amines is 1. The topological polar surface area (TPSA) is 136 Å². The average molecular weight is 655 g/mol. The van der Waals surface area contributed by atoms with Gasteiger partial charge < -0.3 is 25.0 Å². The summed E-state index contributed by atoms with van der Waals surface area (Å²) in [6.45, 7) is 4.50. The van der Waals surface area contributed by atoms with E-state index in [4.69, 9.17) is 0 Å². The third kappa shape index (κ3) is 6.25. The summed E-state index contributed by atoms with van der Waals surface area (Å²) in [7, 11) is 3.23. The van der Waals surface area contributed by atoms with Crippen LogP contribution in [0, 0.1) is 11.6 Å². The maximum Gasteiger partial charge on any atom is 0.272 e. The van der Waals surface area contributed by atoms with Crippen LogP contribution in [0.4, 0.5) is 26.0 Å². The molecule has 0 bridgehead atoms. The van der Waals surface area contributed by atoms with Gasteiger partial charge in [-0.05, 0) is 70.4 Å². The summed E-state index contributed by atoms with van der Waals surface area (Å²) >= 11 is 0. The fourth-order valence-electron chi connectivity index (χ4n) is 5.39. The van der Waals surface area contributed by atoms with Crippen LogP contribution < -0.4 is 15.5 Å². The van der Waals surface area contributed by atoms with E-state index in [1.165, 1.54) is 0 Å². The van der Waals surface area contributed by atoms with Crippen molar-refractivity contribution in [3.63, 3.8) is 0 Å². The number of halogens is 2. The van der Waals surface area contributed by atoms with Crippen molar-refractivity contribution < 1.29 is 26.8 Å². The summed E-state index contributed by atoms with van der Waals surface area (Å²) < 4.78 is 57.7. The third-order valence-corrected chi connectivity index (χ3v) is 10.1. The van der Waals surface area contributed by atoms with Crippen LogP contribution in [0.3, 0.4) is 0 Å². The Labute approximate surface area is 266 Å². The van der Waals surface area contributed by atoms with Crippen molar-refractivity contribution in [3.8, 4) is 0 Å². The van der Waals surface area contributed by atoms with Gasteiger partial charge in [0.05, 0.1) is 27.4 Å². The van der Waals surface area contributed by atoms with E-state index in [9.17, 15) is 26.8 Å². The van der Waals surface area contributed by atoms with Crippen LogP contribution in [0.25, 0.3) is 0 Å². The number of rotatable bonds is 10. The SMILES string of the molecule is CN(C)CCN(C)c1ccc(C(=O)Nc2n[nH]c3c2CN(S(=O)(=O)c2cc(F)cc(F)c2)C3(C)C)c(NC(=O)c2cccn2C)c1. The number of H-pyrrole nitrogens is 1. The minimum Gasteiger partial charge on any atom is -0.373 e. The Morgan fingerprint density at radius 2 is 1.70 bits per heavy atom. The Kier molecular flexibility index (Phi) is 8.77. The van der Waals surface area contributed by atoms with Gasteiger partial charge in [0.1, 0.15) is 17.3 Å². The second-order valence-corrected chi connectivity index (χ2v) is 13.8. The molecule has 1 aliphatic heterocycles. The van der Waals surface area contributed by atoms with E-state index in [0.717, 1.165) is 28.7 Å². The normalized spacial score (nSPS) is 14.4. The van der Waals surface area contributed by atoms with E-state index in [1.54, 1.807) is 62.0 Å². The Morgan fingerprint density at radius 1 is 1.00 bits per heavy atom. The number of likely N-dealkylation sites (N-methyl/N-ethyl adjacent to an activating group) is 2. The first kappa shape index (κ1) is 32.8. The molecule has 15 heteroatoms. The molecule has 4 aromatic rings. The third-order valence-electron chi connectivity index (χ3n) is 8.06. The molecule has 0 spiro atoms. The lowest BCUT2D eigenvalue weighted by Crippen LogP contribution is -2.40. The summed E-state index contributed by atoms with van der Waals surface area (Å²) in [6, 6.07) is 10.6. The van der Waals surface area contributed by atoms with Gasteiger partial charge in [-0.15, -0.1) is 0 Å². The molecule has 2 aromatic heterocycles. The van der Waals surface area contributed by atoms with E-state index in [0.29, 0.717) is 29.6 Å². The number of aryl methyl sites for hydroxylation is 1. The molecule has 0 fully saturated rings. The number of fused-ring (bicyclic) bond motifs is 1. The number of carbonyl (C=O) groups is 2. The Morgan fingerprint density at radius 3 is 2.33 bits per heavy atom. The van der Waals surface area contributed by atoms with E-state index in [2.05, 4.69) is 20.8 Å². The van der Waals surface area contributed by atoms with Gasteiger partial charge in [-0.25, -0.2) is 17.2 Å². The lowest BCUT2D eigenvalue weighted by Gasteiger charge is -2.30. The predicted octanol–water partition coefficient (Wildman–Crippen LogP) is 3.97. The molecule has 0 saturated heterocycles. The molecule has 2 amide bonds. The Hall–Kier alpha value is -4.60. The van der Waals surface area contributed by atoms with Crippen LogP contribution in [0.1, 0.15) is 46.0 Å². The van der Waals surface area contributed by atoms with Gasteiger partial charge >= 0.3 is 0 Å². The largest absolute Gasteiger partial charge is 0.373 e. The minimum absolute atomic E-state index is 0.0862. The van der Waals surface area contributed by atoms with Crippen molar-refractivity contribution >= 4 is 39.0 Å². The fraction of sp³-hybridized carbons (Fsp3) is 0.323. The molecular formula is C31H36F2N8O4S. The van der Waals surface area contributed by atoms with Gasteiger partial charge in [0.25, 0.3) is 11.8 Å². The molecule has 1 aliphatic rings. The monoisotopic (exact) mass is 654 g/mol. The highest BCUT2D eigenvalue weighted by Gasteiger charge is 2.48. The quantitative estimate of drug-likeness (QED) is 0.236. The van der Waals surface area contributed by atoms with Crippen molar-refractivity contribution in [3.05, 3.63) is 88.9 Å². The number of nitrogens with one attached hydrogen (secondary N) is 3. The van der Waals surface area contributed by atoms with Crippen LogP contribution in [0.15, 0.2) is 59.6 Å². The number of hydrogen-bond donors (Lipinski definition) is 3. The Bertz CT molecular complexity index is 1900. The second-order valence-electron chi connectivity index (χ2n) is 12.0. The summed E-state index contributed by atoms with van der Waals surface area (Å²) in [5, 5.41) is 12.7. The van der Waals surface area contributed by atoms with Gasteiger partial charge in [0.15, 0.2) is 5.82 Å². The molecule has 0 radical (unpaired) electrons. The molecule has 3 N–H and O–H groups in total. The highest BCUT2D eigenvalue weighted by Crippen LogP contribution is 2.44. The van der Waals surface area contributed by atoms with E-state index in [-0.39, 0.29) is 23.6 Å². The first-order chi connectivity index (χ1) is 21.6. The van der Waals surface area contributed by atoms with Gasteiger partial charge in [-0.1, -0.05) is 0 Å². The van der Waals surface area contributed by atoms with Crippen molar-refractivity contribution in [2.24, 2.45) is 7.05 Å². The second kappa shape index (κ2) is 12.3. The summed E-state index contributed by atoms with van der Waals surface area (Å²) in [6.07, 6.45) is 1.74. The summed E-state index contributed by atoms with van der Waals surface area (Å²) in [4.78, 5) is 30.4. The number of aromatic nitrogens is 3. The standard InChI is InChI=1S/C31H36F2N8O4S/c1-31(2)27-24(18-41(31)46(44,45)22-15-19(32)14-20(33)16-22)28(37-36-27)35-29(42)23-10-9-21(39(5)13-12-38(3)4)17-25(23)34-30(43)26-8-7-11-40(26)6/h7-11,14-17H,12-13,18H2,1-6H3,(H,34,43)(H2,35,36,37,42). The average Bonchev–Trinajstić information content (AvgIpc) is 3.66. The van der Waals surface area contributed by atoms with Gasteiger partial charge in [-0.3, -0.25) is 14.7 Å². The number of anilines is 3. The van der Waals surface area contributed by atoms with Crippen LogP contribution >= 0.6 is 0 Å². The predicted molar refractivity (Wildman–Crippen MR) is 170 cm³/mol. The van der Waals surface area contributed by atoms with Crippen LogP contribution in [0.5, 0.6) is 0 Å². The molecule has 0 unspecified atom stereocenters. The maximum atomic E-state index is 13.9. The molecule has 0 atom stereocenters. The zero-order valence-electron chi connectivity index (χ0n) is 26.4. The zero-order valence-corrected chi connectivity index (χ0v) is 27.2. The first-order valence-electron chi connectivity index (χ1n) is 14.4. The maximum absolute atomic E-state index is 13.9. The summed E-state index contributed by atoms with van der Waals surface area (Å²) in [5.74, 6) is -2.96. The zero-order chi connectivity index (χ0) is 33.6. The smallest absolute Gasteiger partial charge is 0.272 e. The number of sulfonamides is 1. The minimum atomic E-state index is -4.36. The van der Waals surface area contributed by atoms with Gasteiger partial charge in [-0.2, -0.15) is 9.40 Å². The summed E-state index contributed by atoms with van der Waals surface area (Å²) in [5.41, 5.74) is 1.21. The van der Waals surface area contributed by atoms with Crippen LogP contribution in [-0.2, 0) is 29.2 Å². The van der Waals surface area contributed by atoms with Gasteiger partial charge in [0, 0.05) is 57.2 Å². The fourth-order valence-corrected chi connectivity index (χ4v) is 7.16. The molecule has 46 heavy (non-hydrogen) atoms. The number of nitrogens with zero attached hydrogens (tertiary/aromatic N) is 5. The lowest BCUT2D eigenvalue weighted by atomic mass is 10.0. The van der Waals surface area contributed by atoms with E-state index in [1.807, 2.05) is 30.9 Å². The van der Waals surface area contributed by atoms with Crippen molar-refractivity contribution in [1.82, 2.24) is 24.0 Å². The first-order valence-corrected chi connectivity index (χ1v) is 15.8. The Balaban J connectivity index is 1.45. The number of benzene rings is 2. The molecule has 12 nitrogen and oxygen atoms in total. The van der Waals surface area contributed by atoms with Crippen LogP contribution in [0.2, 0.25) is 0 Å². The number of amides is 2. The van der Waals surface area contributed by atoms with E-state index >= 15 is 0 Å². The molecule has 5 rings (SSSR count).